The molecular weight excluding hydrogens is 655 g/mol. The Balaban J connectivity index is 1.19. The van der Waals surface area contributed by atoms with Crippen molar-refractivity contribution in [3.8, 4) is 44.5 Å². The van der Waals surface area contributed by atoms with E-state index in [9.17, 15) is 0 Å². The van der Waals surface area contributed by atoms with Gasteiger partial charge >= 0.3 is 0 Å². The Kier molecular flexibility index (Phi) is 7.85. The van der Waals surface area contributed by atoms with Crippen LogP contribution in [0.2, 0.25) is 0 Å². The van der Waals surface area contributed by atoms with E-state index in [1.54, 1.807) is 0 Å². The second-order valence-corrected chi connectivity index (χ2v) is 13.7. The zero-order valence-corrected chi connectivity index (χ0v) is 29.6. The van der Waals surface area contributed by atoms with Gasteiger partial charge in [-0.15, -0.1) is 0 Å². The Morgan fingerprint density at radius 1 is 0.315 bits per heavy atom. The van der Waals surface area contributed by atoms with Crippen molar-refractivity contribution in [2.75, 3.05) is 4.90 Å². The van der Waals surface area contributed by atoms with Gasteiger partial charge in [-0.3, -0.25) is 0 Å². The Morgan fingerprint density at radius 3 is 1.59 bits per heavy atom. The first kappa shape index (κ1) is 31.6. The quantitative estimate of drug-likeness (QED) is 0.166. The van der Waals surface area contributed by atoms with Crippen molar-refractivity contribution < 1.29 is 4.42 Å². The van der Waals surface area contributed by atoms with Gasteiger partial charge in [0.25, 0.3) is 0 Å². The minimum atomic E-state index is 0.869. The van der Waals surface area contributed by atoms with Crippen molar-refractivity contribution in [1.82, 2.24) is 0 Å². The molecule has 1 aromatic heterocycles. The van der Waals surface area contributed by atoms with Gasteiger partial charge < -0.3 is 9.32 Å². The highest BCUT2D eigenvalue weighted by molar-refractivity contribution is 6.17. The van der Waals surface area contributed by atoms with Crippen LogP contribution >= 0.6 is 0 Å². The standard InChI is InChI=1S/C52H35NO/c1-3-14-36(15-4-1)37-26-28-38(29-27-37)39-30-32-42(33-31-39)53(48-24-11-9-21-46(48)45-23-13-19-40-18-7-8-20-43(40)45)49-35-34-44(41-16-5-2-6-17-41)52-51(49)47-22-10-12-25-50(47)54-52/h1-35H. The summed E-state index contributed by atoms with van der Waals surface area (Å²) in [6, 6.07) is 75.8. The van der Waals surface area contributed by atoms with Gasteiger partial charge in [-0.2, -0.15) is 0 Å². The Hall–Kier alpha value is -7.16. The van der Waals surface area contributed by atoms with Crippen molar-refractivity contribution >= 4 is 49.8 Å². The van der Waals surface area contributed by atoms with Crippen LogP contribution in [0.25, 0.3) is 77.2 Å². The SMILES string of the molecule is c1ccc(-c2ccc(-c3ccc(N(c4ccccc4-c4cccc5ccccc45)c4ccc(-c5ccccc5)c5oc6ccccc6c45)cc3)cc2)cc1. The summed E-state index contributed by atoms with van der Waals surface area (Å²) in [6.07, 6.45) is 0. The van der Waals surface area contributed by atoms with Crippen LogP contribution in [0.5, 0.6) is 0 Å². The number of furan rings is 1. The number of para-hydroxylation sites is 2. The molecule has 0 saturated heterocycles. The highest BCUT2D eigenvalue weighted by Gasteiger charge is 2.24. The van der Waals surface area contributed by atoms with Crippen molar-refractivity contribution in [3.63, 3.8) is 0 Å². The molecule has 0 N–H and O–H groups in total. The van der Waals surface area contributed by atoms with Crippen LogP contribution < -0.4 is 4.90 Å². The average Bonchev–Trinajstić information content (AvgIpc) is 3.65. The molecule has 0 bridgehead atoms. The lowest BCUT2D eigenvalue weighted by Crippen LogP contribution is -2.12. The van der Waals surface area contributed by atoms with Crippen LogP contribution in [-0.4, -0.2) is 0 Å². The van der Waals surface area contributed by atoms with Gasteiger partial charge in [-0.05, 0) is 80.6 Å². The molecule has 0 aliphatic heterocycles. The number of benzene rings is 9. The Morgan fingerprint density at radius 2 is 0.852 bits per heavy atom. The van der Waals surface area contributed by atoms with Crippen molar-refractivity contribution in [2.24, 2.45) is 0 Å². The Labute approximate surface area is 314 Å². The molecule has 0 aliphatic carbocycles. The molecule has 2 nitrogen and oxygen atoms in total. The molecular formula is C52H35NO. The molecule has 0 unspecified atom stereocenters. The monoisotopic (exact) mass is 689 g/mol. The highest BCUT2D eigenvalue weighted by atomic mass is 16.3. The fourth-order valence-electron chi connectivity index (χ4n) is 7.90. The summed E-state index contributed by atoms with van der Waals surface area (Å²) >= 11 is 0. The summed E-state index contributed by atoms with van der Waals surface area (Å²) in [5.41, 5.74) is 14.3. The van der Waals surface area contributed by atoms with E-state index in [1.165, 1.54) is 38.6 Å². The zero-order chi connectivity index (χ0) is 35.8. The van der Waals surface area contributed by atoms with Crippen molar-refractivity contribution in [2.45, 2.75) is 0 Å². The van der Waals surface area contributed by atoms with Gasteiger partial charge in [0.1, 0.15) is 11.2 Å². The number of fused-ring (bicyclic) bond motifs is 4. The second-order valence-electron chi connectivity index (χ2n) is 13.7. The summed E-state index contributed by atoms with van der Waals surface area (Å²) < 4.78 is 6.76. The van der Waals surface area contributed by atoms with Crippen molar-refractivity contribution in [1.29, 1.82) is 0 Å². The lowest BCUT2D eigenvalue weighted by atomic mass is 9.95. The maximum absolute atomic E-state index is 6.76. The first-order valence-electron chi connectivity index (χ1n) is 18.4. The third-order valence-electron chi connectivity index (χ3n) is 10.5. The molecule has 1 heterocycles. The van der Waals surface area contributed by atoms with Gasteiger partial charge in [0, 0.05) is 22.2 Å². The van der Waals surface area contributed by atoms with Crippen LogP contribution in [-0.2, 0) is 0 Å². The molecule has 2 heteroatoms. The third-order valence-corrected chi connectivity index (χ3v) is 10.5. The normalized spacial score (nSPS) is 11.3. The molecule has 0 radical (unpaired) electrons. The molecule has 10 aromatic rings. The van der Waals surface area contributed by atoms with Crippen LogP contribution in [0.15, 0.2) is 217 Å². The maximum Gasteiger partial charge on any atom is 0.145 e. The third kappa shape index (κ3) is 5.53. The molecule has 0 spiro atoms. The molecule has 0 atom stereocenters. The van der Waals surface area contributed by atoms with E-state index in [0.29, 0.717) is 0 Å². The van der Waals surface area contributed by atoms with Crippen LogP contribution in [0.3, 0.4) is 0 Å². The van der Waals surface area contributed by atoms with Gasteiger partial charge in [-0.1, -0.05) is 176 Å². The average molecular weight is 690 g/mol. The number of nitrogens with zero attached hydrogens (tertiary/aromatic N) is 1. The molecule has 9 aromatic carbocycles. The summed E-state index contributed by atoms with van der Waals surface area (Å²) in [6.45, 7) is 0. The predicted molar refractivity (Wildman–Crippen MR) is 228 cm³/mol. The lowest BCUT2D eigenvalue weighted by molar-refractivity contribution is 0.670. The number of rotatable bonds is 7. The predicted octanol–water partition coefficient (Wildman–Crippen LogP) is 14.9. The lowest BCUT2D eigenvalue weighted by Gasteiger charge is -2.29. The van der Waals surface area contributed by atoms with Crippen LogP contribution in [0.4, 0.5) is 17.1 Å². The van der Waals surface area contributed by atoms with E-state index in [-0.39, 0.29) is 0 Å². The first-order valence-corrected chi connectivity index (χ1v) is 18.4. The smallest absolute Gasteiger partial charge is 0.145 e. The molecule has 10 rings (SSSR count). The van der Waals surface area contributed by atoms with Crippen LogP contribution in [0, 0.1) is 0 Å². The zero-order valence-electron chi connectivity index (χ0n) is 29.6. The van der Waals surface area contributed by atoms with Gasteiger partial charge in [0.05, 0.1) is 16.8 Å². The fourth-order valence-corrected chi connectivity index (χ4v) is 7.90. The summed E-state index contributed by atoms with van der Waals surface area (Å²) in [5.74, 6) is 0. The molecule has 0 fully saturated rings. The summed E-state index contributed by atoms with van der Waals surface area (Å²) in [4.78, 5) is 2.42. The second kappa shape index (κ2) is 13.4. The molecule has 0 amide bonds. The number of hydrogen-bond donors (Lipinski definition) is 0. The number of hydrogen-bond acceptors (Lipinski definition) is 2. The van der Waals surface area contributed by atoms with Gasteiger partial charge in [0.2, 0.25) is 0 Å². The fraction of sp³-hybridized carbons (Fsp3) is 0. The van der Waals surface area contributed by atoms with E-state index in [4.69, 9.17) is 4.42 Å². The van der Waals surface area contributed by atoms with E-state index >= 15 is 0 Å². The van der Waals surface area contributed by atoms with Gasteiger partial charge in [0.15, 0.2) is 0 Å². The summed E-state index contributed by atoms with van der Waals surface area (Å²) in [7, 11) is 0. The van der Waals surface area contributed by atoms with E-state index in [1.807, 2.05) is 6.07 Å². The van der Waals surface area contributed by atoms with E-state index in [0.717, 1.165) is 55.7 Å². The molecule has 0 aliphatic rings. The minimum Gasteiger partial charge on any atom is -0.455 e. The maximum atomic E-state index is 6.76. The molecule has 0 saturated carbocycles. The number of anilines is 3. The van der Waals surface area contributed by atoms with E-state index in [2.05, 4.69) is 211 Å². The summed E-state index contributed by atoms with van der Waals surface area (Å²) in [5, 5.41) is 4.61. The highest BCUT2D eigenvalue weighted by Crippen LogP contribution is 2.49. The first-order chi connectivity index (χ1) is 26.8. The van der Waals surface area contributed by atoms with Crippen molar-refractivity contribution in [3.05, 3.63) is 212 Å². The van der Waals surface area contributed by atoms with Crippen LogP contribution in [0.1, 0.15) is 0 Å². The minimum absolute atomic E-state index is 0.869. The van der Waals surface area contributed by atoms with E-state index < -0.39 is 0 Å². The largest absolute Gasteiger partial charge is 0.455 e. The molecule has 54 heavy (non-hydrogen) atoms. The topological polar surface area (TPSA) is 16.4 Å². The Bertz CT molecular complexity index is 2900. The molecule has 254 valence electrons. The van der Waals surface area contributed by atoms with Gasteiger partial charge in [-0.25, -0.2) is 0 Å².